The molecule has 0 unspecified atom stereocenters. The first-order chi connectivity index (χ1) is 17.4. The molecule has 2 N–H and O–H groups in total. The molecule has 10 heteroatoms. The van der Waals surface area contributed by atoms with E-state index in [4.69, 9.17) is 9.84 Å². The molecule has 3 heterocycles. The minimum Gasteiger partial charge on any atom is -0.497 e. The van der Waals surface area contributed by atoms with Gasteiger partial charge < -0.3 is 14.8 Å². The molecule has 36 heavy (non-hydrogen) atoms. The number of thioether (sulfide) groups is 1. The van der Waals surface area contributed by atoms with E-state index in [1.54, 1.807) is 18.9 Å². The lowest BCUT2D eigenvalue weighted by atomic mass is 9.68. The lowest BCUT2D eigenvalue weighted by molar-refractivity contribution is -0.141. The van der Waals surface area contributed by atoms with Gasteiger partial charge in [0.25, 0.3) is 0 Å². The molecule has 1 saturated heterocycles. The number of rotatable bonds is 8. The average molecular weight is 529 g/mol. The van der Waals surface area contributed by atoms with Gasteiger partial charge in [0.1, 0.15) is 5.75 Å². The predicted octanol–water partition coefficient (Wildman–Crippen LogP) is 3.56. The van der Waals surface area contributed by atoms with Crippen molar-refractivity contribution in [1.29, 1.82) is 0 Å². The molecule has 8 nitrogen and oxygen atoms in total. The van der Waals surface area contributed by atoms with E-state index in [0.717, 1.165) is 27.6 Å². The molecule has 2 aliphatic heterocycles. The summed E-state index contributed by atoms with van der Waals surface area (Å²) >= 11 is 2.95. The summed E-state index contributed by atoms with van der Waals surface area (Å²) in [5.41, 5.74) is 1.11. The quantitative estimate of drug-likeness (QED) is 0.397. The molecule has 0 radical (unpaired) electrons. The Morgan fingerprint density at radius 2 is 1.81 bits per heavy atom. The number of hydrogen-bond acceptors (Lipinski definition) is 7. The highest BCUT2D eigenvalue weighted by atomic mass is 32.2. The zero-order valence-corrected chi connectivity index (χ0v) is 21.5. The van der Waals surface area contributed by atoms with E-state index in [0.29, 0.717) is 25.8 Å². The number of carboxylic acids is 1. The van der Waals surface area contributed by atoms with Gasteiger partial charge in [0.2, 0.25) is 11.8 Å². The standard InChI is InChI=1S/C26H28N2O6S2/c1-34-13-8-6-12(7-9-13)17-18-14-11-15(21(18)35-23-22(17)36-26(33)27-23)20-19(14)24(31)28(25(20)32)10-4-2-3-5-16(29)30/h6-9,14-15,17-21H,2-5,10-11H2,1H3,(H,27,33)(H,29,30)/t14-,15+,17+,18-,19+,20+,21-/m1/s1. The third-order valence-electron chi connectivity index (χ3n) is 8.56. The van der Waals surface area contributed by atoms with Gasteiger partial charge in [-0.1, -0.05) is 29.9 Å². The van der Waals surface area contributed by atoms with Crippen LogP contribution in [0.5, 0.6) is 5.75 Å². The van der Waals surface area contributed by atoms with Gasteiger partial charge in [-0.3, -0.25) is 24.1 Å². The minimum atomic E-state index is -0.823. The Balaban J connectivity index is 1.28. The van der Waals surface area contributed by atoms with Crippen LogP contribution >= 0.6 is 23.1 Å². The number of thiazole rings is 1. The molecular formula is C26H28N2O6S2. The molecule has 2 bridgehead atoms. The molecule has 6 rings (SSSR count). The van der Waals surface area contributed by atoms with Crippen LogP contribution in [0.3, 0.4) is 0 Å². The molecule has 190 valence electrons. The predicted molar refractivity (Wildman–Crippen MR) is 134 cm³/mol. The number of H-pyrrole nitrogens is 1. The van der Waals surface area contributed by atoms with Crippen LogP contribution in [0.25, 0.3) is 0 Å². The maximum Gasteiger partial charge on any atom is 0.305 e. The molecular weight excluding hydrogens is 500 g/mol. The van der Waals surface area contributed by atoms with Crippen molar-refractivity contribution < 1.29 is 24.2 Å². The Morgan fingerprint density at radius 1 is 1.08 bits per heavy atom. The molecule has 1 aromatic heterocycles. The summed E-state index contributed by atoms with van der Waals surface area (Å²) in [5.74, 6) is -0.335. The maximum absolute atomic E-state index is 13.5. The number of carbonyl (C=O) groups excluding carboxylic acids is 2. The van der Waals surface area contributed by atoms with Crippen molar-refractivity contribution in [2.24, 2.45) is 29.6 Å². The lowest BCUT2D eigenvalue weighted by Crippen LogP contribution is -2.42. The summed E-state index contributed by atoms with van der Waals surface area (Å²) < 4.78 is 5.35. The fourth-order valence-corrected chi connectivity index (χ4v) is 10.1. The highest BCUT2D eigenvalue weighted by molar-refractivity contribution is 8.00. The Kier molecular flexibility index (Phi) is 5.99. The van der Waals surface area contributed by atoms with Gasteiger partial charge in [0.05, 0.1) is 24.0 Å². The van der Waals surface area contributed by atoms with Crippen LogP contribution in [-0.2, 0) is 14.4 Å². The van der Waals surface area contributed by atoms with Crippen LogP contribution in [0.15, 0.2) is 34.1 Å². The first-order valence-electron chi connectivity index (χ1n) is 12.5. The third-order valence-corrected chi connectivity index (χ3v) is 11.2. The van der Waals surface area contributed by atoms with E-state index < -0.39 is 5.97 Å². The Morgan fingerprint density at radius 3 is 2.50 bits per heavy atom. The van der Waals surface area contributed by atoms with Crippen molar-refractivity contribution in [1.82, 2.24) is 9.88 Å². The fraction of sp³-hybridized carbons (Fsp3) is 0.538. The van der Waals surface area contributed by atoms with Gasteiger partial charge in [-0.15, -0.1) is 11.8 Å². The van der Waals surface area contributed by atoms with Crippen molar-refractivity contribution in [3.05, 3.63) is 44.4 Å². The number of likely N-dealkylation sites (tertiary alicyclic amines) is 1. The number of unbranched alkanes of at least 4 members (excludes halogenated alkanes) is 2. The summed E-state index contributed by atoms with van der Waals surface area (Å²) in [6, 6.07) is 7.99. The first-order valence-corrected chi connectivity index (χ1v) is 14.2. The summed E-state index contributed by atoms with van der Waals surface area (Å²) in [6.07, 6.45) is 2.84. The summed E-state index contributed by atoms with van der Waals surface area (Å²) in [5, 5.41) is 9.91. The van der Waals surface area contributed by atoms with E-state index in [1.807, 2.05) is 12.1 Å². The Bertz CT molecular complexity index is 1270. The van der Waals surface area contributed by atoms with Crippen molar-refractivity contribution >= 4 is 40.9 Å². The average Bonchev–Trinajstić information content (AvgIpc) is 3.59. The van der Waals surface area contributed by atoms with E-state index in [9.17, 15) is 19.2 Å². The van der Waals surface area contributed by atoms with E-state index in [1.165, 1.54) is 16.2 Å². The van der Waals surface area contributed by atoms with Crippen molar-refractivity contribution in [2.45, 2.75) is 48.3 Å². The van der Waals surface area contributed by atoms with Crippen LogP contribution in [0.4, 0.5) is 0 Å². The summed E-state index contributed by atoms with van der Waals surface area (Å²) in [4.78, 5) is 55.5. The molecule has 3 fully saturated rings. The number of hydrogen-bond donors (Lipinski definition) is 2. The van der Waals surface area contributed by atoms with Gasteiger partial charge in [-0.2, -0.15) is 0 Å². The lowest BCUT2D eigenvalue weighted by Gasteiger charge is -2.43. The number of nitrogens with zero attached hydrogens (tertiary/aromatic N) is 1. The second-order valence-electron chi connectivity index (χ2n) is 10.3. The zero-order valence-electron chi connectivity index (χ0n) is 19.8. The van der Waals surface area contributed by atoms with Crippen LogP contribution in [0.2, 0.25) is 0 Å². The Hall–Kier alpha value is -2.59. The molecule has 2 aromatic rings. The number of aliphatic carboxylic acids is 1. The van der Waals surface area contributed by atoms with Crippen molar-refractivity contribution in [2.75, 3.05) is 13.7 Å². The number of aromatic nitrogens is 1. The number of aromatic amines is 1. The largest absolute Gasteiger partial charge is 0.497 e. The van der Waals surface area contributed by atoms with Gasteiger partial charge in [0.15, 0.2) is 0 Å². The second kappa shape index (κ2) is 9.06. The van der Waals surface area contributed by atoms with Gasteiger partial charge in [-0.25, -0.2) is 0 Å². The molecule has 1 aromatic carbocycles. The number of amides is 2. The number of carboxylic acid groups (broad SMARTS) is 1. The van der Waals surface area contributed by atoms with Crippen molar-refractivity contribution in [3.63, 3.8) is 0 Å². The third kappa shape index (κ3) is 3.63. The fourth-order valence-electron chi connectivity index (χ4n) is 7.21. The SMILES string of the molecule is COc1ccc([C@@H]2c3sc(=O)[nH]c3S[C@@H]3[C@H]4C[C@@H]([C@@H]5C(=O)N(CCCCCC(=O)O)C(=O)[C@@H]45)[C@H]23)cc1. The maximum atomic E-state index is 13.5. The molecule has 2 amide bonds. The topological polar surface area (TPSA) is 117 Å². The number of methoxy groups -OCH3 is 1. The van der Waals surface area contributed by atoms with E-state index in [-0.39, 0.29) is 63.9 Å². The highest BCUT2D eigenvalue weighted by Crippen LogP contribution is 2.68. The monoisotopic (exact) mass is 528 g/mol. The molecule has 0 spiro atoms. The normalized spacial score (nSPS) is 31.9. The van der Waals surface area contributed by atoms with Gasteiger partial charge >= 0.3 is 10.8 Å². The molecule has 7 atom stereocenters. The number of imide groups is 1. The highest BCUT2D eigenvalue weighted by Gasteiger charge is 2.69. The molecule has 2 aliphatic carbocycles. The molecule has 2 saturated carbocycles. The summed E-state index contributed by atoms with van der Waals surface area (Å²) in [7, 11) is 1.63. The number of carbonyl (C=O) groups is 3. The number of nitrogens with one attached hydrogen (secondary N) is 1. The van der Waals surface area contributed by atoms with Crippen LogP contribution in [-0.4, -0.2) is 51.7 Å². The number of ether oxygens (including phenoxy) is 1. The zero-order chi connectivity index (χ0) is 25.1. The number of fused-ring (bicyclic) bond motifs is 9. The van der Waals surface area contributed by atoms with Crippen LogP contribution < -0.4 is 9.61 Å². The van der Waals surface area contributed by atoms with Gasteiger partial charge in [-0.05, 0) is 54.7 Å². The Labute approximate surface area is 216 Å². The molecule has 4 aliphatic rings. The first kappa shape index (κ1) is 23.8. The van der Waals surface area contributed by atoms with E-state index >= 15 is 0 Å². The number of benzene rings is 1. The smallest absolute Gasteiger partial charge is 0.305 e. The van der Waals surface area contributed by atoms with Gasteiger partial charge in [0, 0.05) is 29.0 Å². The van der Waals surface area contributed by atoms with Crippen LogP contribution in [0.1, 0.15) is 48.5 Å². The van der Waals surface area contributed by atoms with Crippen LogP contribution in [0, 0.1) is 29.6 Å². The summed E-state index contributed by atoms with van der Waals surface area (Å²) in [6.45, 7) is 0.370. The minimum absolute atomic E-state index is 0.00465. The van der Waals surface area contributed by atoms with Crippen molar-refractivity contribution in [3.8, 4) is 5.75 Å². The van der Waals surface area contributed by atoms with E-state index in [2.05, 4.69) is 17.1 Å². The second-order valence-corrected chi connectivity index (χ2v) is 12.5.